The monoisotopic (exact) mass is 309 g/mol. The van der Waals surface area contributed by atoms with Gasteiger partial charge in [-0.15, -0.1) is 0 Å². The fourth-order valence-electron chi connectivity index (χ4n) is 1.37. The highest BCUT2D eigenvalue weighted by atomic mass is 16.5. The summed E-state index contributed by atoms with van der Waals surface area (Å²) in [6, 6.07) is 0. The zero-order chi connectivity index (χ0) is 17.3. The van der Waals surface area contributed by atoms with Crippen molar-refractivity contribution in [2.75, 3.05) is 13.2 Å². The fourth-order valence-corrected chi connectivity index (χ4v) is 1.37. The normalized spacial score (nSPS) is 10.3. The minimum Gasteiger partial charge on any atom is -0.460 e. The summed E-state index contributed by atoms with van der Waals surface area (Å²) in [6.45, 7) is 14.8. The zero-order valence-corrected chi connectivity index (χ0v) is 13.4. The number of amides is 1. The molecule has 0 rings (SSSR count). The summed E-state index contributed by atoms with van der Waals surface area (Å²) < 4.78 is 10.2. The third-order valence-corrected chi connectivity index (χ3v) is 2.91. The smallest absolute Gasteiger partial charge is 0.333 e. The average Bonchev–Trinajstić information content (AvgIpc) is 2.48. The molecule has 122 valence electrons. The molecule has 0 radical (unpaired) electrons. The second-order valence-electron chi connectivity index (χ2n) is 5.04. The van der Waals surface area contributed by atoms with E-state index in [1.54, 1.807) is 6.92 Å². The largest absolute Gasteiger partial charge is 0.460 e. The number of esters is 2. The van der Waals surface area contributed by atoms with Crippen LogP contribution in [0.15, 0.2) is 37.0 Å². The lowest BCUT2D eigenvalue weighted by Crippen LogP contribution is -2.55. The van der Waals surface area contributed by atoms with E-state index in [0.717, 1.165) is 6.08 Å². The molecule has 0 atom stereocenters. The summed E-state index contributed by atoms with van der Waals surface area (Å²) in [5.74, 6) is -1.63. The van der Waals surface area contributed by atoms with Crippen molar-refractivity contribution in [1.29, 1.82) is 0 Å². The average molecular weight is 309 g/mol. The Morgan fingerprint density at radius 2 is 1.45 bits per heavy atom. The molecular weight excluding hydrogens is 286 g/mol. The first-order valence-corrected chi connectivity index (χ1v) is 6.77. The molecular formula is C16H23NO5. The van der Waals surface area contributed by atoms with Crippen LogP contribution in [-0.2, 0) is 23.9 Å². The Bertz CT molecular complexity index is 463. The fraction of sp³-hybridized carbons (Fsp3) is 0.438. The Hall–Kier alpha value is -2.37. The van der Waals surface area contributed by atoms with Gasteiger partial charge in [-0.3, -0.25) is 4.79 Å². The molecule has 0 aliphatic rings. The predicted molar refractivity (Wildman–Crippen MR) is 82.9 cm³/mol. The Labute approximate surface area is 130 Å². The van der Waals surface area contributed by atoms with E-state index < -0.39 is 23.4 Å². The summed E-state index contributed by atoms with van der Waals surface area (Å²) in [5, 5.41) is 2.65. The summed E-state index contributed by atoms with van der Waals surface area (Å²) in [7, 11) is 0. The first kappa shape index (κ1) is 19.6. The molecule has 0 bridgehead atoms. The van der Waals surface area contributed by atoms with E-state index in [1.807, 2.05) is 0 Å². The van der Waals surface area contributed by atoms with Crippen LogP contribution >= 0.6 is 0 Å². The maximum Gasteiger partial charge on any atom is 0.333 e. The molecule has 1 N–H and O–H groups in total. The van der Waals surface area contributed by atoms with Crippen LogP contribution in [0.2, 0.25) is 0 Å². The molecule has 22 heavy (non-hydrogen) atoms. The molecule has 0 aliphatic heterocycles. The van der Waals surface area contributed by atoms with Gasteiger partial charge in [0.15, 0.2) is 0 Å². The molecule has 0 aliphatic carbocycles. The Balaban J connectivity index is 5.07. The number of nitrogens with one attached hydrogen (secondary N) is 1. The lowest BCUT2D eigenvalue weighted by atomic mass is 9.98. The second-order valence-corrected chi connectivity index (χ2v) is 5.04. The topological polar surface area (TPSA) is 81.7 Å². The maximum absolute atomic E-state index is 11.6. The molecule has 0 heterocycles. The van der Waals surface area contributed by atoms with E-state index in [0.29, 0.717) is 6.42 Å². The van der Waals surface area contributed by atoms with Crippen LogP contribution in [0.5, 0.6) is 0 Å². The van der Waals surface area contributed by atoms with E-state index in [4.69, 9.17) is 9.47 Å². The minimum atomic E-state index is -1.04. The highest BCUT2D eigenvalue weighted by molar-refractivity contribution is 5.89. The molecule has 6 heteroatoms. The van der Waals surface area contributed by atoms with Gasteiger partial charge in [-0.25, -0.2) is 9.59 Å². The second kappa shape index (κ2) is 8.81. The van der Waals surface area contributed by atoms with Crippen molar-refractivity contribution < 1.29 is 23.9 Å². The van der Waals surface area contributed by atoms with Crippen molar-refractivity contribution in [3.63, 3.8) is 0 Å². The molecule has 1 amide bonds. The quantitative estimate of drug-likeness (QED) is 0.517. The van der Waals surface area contributed by atoms with E-state index in [1.165, 1.54) is 13.8 Å². The van der Waals surface area contributed by atoms with Crippen molar-refractivity contribution in [3.8, 4) is 0 Å². The van der Waals surface area contributed by atoms with Gasteiger partial charge in [0.25, 0.3) is 0 Å². The standard InChI is InChI=1S/C16H23NO5/c1-7-13(18)17-16(8-2,9-21-14(19)11(3)4)10-22-15(20)12(5)6/h7H,1,3,5,8-10H2,2,4,6H3,(H,17,18). The van der Waals surface area contributed by atoms with Crippen molar-refractivity contribution in [2.45, 2.75) is 32.7 Å². The van der Waals surface area contributed by atoms with Crippen LogP contribution in [0.25, 0.3) is 0 Å². The van der Waals surface area contributed by atoms with Gasteiger partial charge in [0.05, 0.1) is 0 Å². The molecule has 0 spiro atoms. The van der Waals surface area contributed by atoms with Gasteiger partial charge in [-0.1, -0.05) is 26.7 Å². The van der Waals surface area contributed by atoms with Crippen molar-refractivity contribution in [1.82, 2.24) is 5.32 Å². The lowest BCUT2D eigenvalue weighted by Gasteiger charge is -2.32. The molecule has 0 saturated carbocycles. The number of ether oxygens (including phenoxy) is 2. The number of hydrogen-bond donors (Lipinski definition) is 1. The van der Waals surface area contributed by atoms with Crippen LogP contribution in [0.4, 0.5) is 0 Å². The van der Waals surface area contributed by atoms with Crippen LogP contribution in [0, 0.1) is 0 Å². The van der Waals surface area contributed by atoms with Crippen molar-refractivity contribution in [3.05, 3.63) is 37.0 Å². The van der Waals surface area contributed by atoms with Gasteiger partial charge < -0.3 is 14.8 Å². The van der Waals surface area contributed by atoms with E-state index in [9.17, 15) is 14.4 Å². The van der Waals surface area contributed by atoms with Crippen LogP contribution in [0.3, 0.4) is 0 Å². The lowest BCUT2D eigenvalue weighted by molar-refractivity contribution is -0.148. The van der Waals surface area contributed by atoms with Gasteiger partial charge >= 0.3 is 11.9 Å². The predicted octanol–water partition coefficient (Wildman–Crippen LogP) is 1.68. The summed E-state index contributed by atoms with van der Waals surface area (Å²) in [4.78, 5) is 34.7. The summed E-state index contributed by atoms with van der Waals surface area (Å²) >= 11 is 0. The SMILES string of the molecule is C=CC(=O)NC(CC)(COC(=O)C(=C)C)COC(=O)C(=C)C. The summed E-state index contributed by atoms with van der Waals surface area (Å²) in [5.41, 5.74) is -0.570. The highest BCUT2D eigenvalue weighted by Gasteiger charge is 2.33. The van der Waals surface area contributed by atoms with E-state index in [2.05, 4.69) is 25.1 Å². The maximum atomic E-state index is 11.6. The van der Waals surface area contributed by atoms with E-state index >= 15 is 0 Å². The van der Waals surface area contributed by atoms with Gasteiger partial charge in [0.1, 0.15) is 18.8 Å². The molecule has 0 saturated heterocycles. The summed E-state index contributed by atoms with van der Waals surface area (Å²) in [6.07, 6.45) is 1.46. The molecule has 0 aromatic carbocycles. The first-order chi connectivity index (χ1) is 10.2. The van der Waals surface area contributed by atoms with Crippen molar-refractivity contribution >= 4 is 17.8 Å². The highest BCUT2D eigenvalue weighted by Crippen LogP contribution is 2.14. The van der Waals surface area contributed by atoms with E-state index in [-0.39, 0.29) is 24.4 Å². The Morgan fingerprint density at radius 3 is 1.73 bits per heavy atom. The van der Waals surface area contributed by atoms with Crippen LogP contribution < -0.4 is 5.32 Å². The van der Waals surface area contributed by atoms with Crippen molar-refractivity contribution in [2.24, 2.45) is 0 Å². The molecule has 0 unspecified atom stereocenters. The van der Waals surface area contributed by atoms with Crippen LogP contribution in [0.1, 0.15) is 27.2 Å². The first-order valence-electron chi connectivity index (χ1n) is 6.77. The third-order valence-electron chi connectivity index (χ3n) is 2.91. The molecule has 0 fully saturated rings. The van der Waals surface area contributed by atoms with Gasteiger partial charge in [-0.05, 0) is 26.3 Å². The molecule has 0 aromatic rings. The van der Waals surface area contributed by atoms with Gasteiger partial charge in [0, 0.05) is 11.1 Å². The van der Waals surface area contributed by atoms with Gasteiger partial charge in [0.2, 0.25) is 5.91 Å². The number of carbonyl (C=O) groups is 3. The Kier molecular flexibility index (Phi) is 7.87. The Morgan fingerprint density at radius 1 is 1.05 bits per heavy atom. The molecule has 6 nitrogen and oxygen atoms in total. The molecule has 0 aromatic heterocycles. The van der Waals surface area contributed by atoms with Gasteiger partial charge in [-0.2, -0.15) is 0 Å². The number of hydrogen-bond acceptors (Lipinski definition) is 5. The minimum absolute atomic E-state index is 0.155. The number of carbonyl (C=O) groups excluding carboxylic acids is 3. The van der Waals surface area contributed by atoms with Crippen LogP contribution in [-0.4, -0.2) is 36.6 Å². The third kappa shape index (κ3) is 6.39. The number of rotatable bonds is 9. The zero-order valence-electron chi connectivity index (χ0n) is 13.4.